The standard InChI is InChI=1S/C42H60FN3O11Si/c1-16-17-18-52-36-29-33(56-44-36)30(45(11)12)24-20-22-19-23-25(43)21-26(46(13)37(50)54-39(2,3)4)32(53-38(51)55-40(5,6)7)28(23)31(47)27(22)34(48)42(24,35(29)49)57-58(14,15)41(8,9)10/h21-22,24,30,48H,16-20H2,1-15H3/t22-,24-,30-,42-/m0/s1. The molecule has 1 aromatic carbocycles. The molecule has 58 heavy (non-hydrogen) atoms. The van der Waals surface area contributed by atoms with E-state index in [1.165, 1.54) is 7.05 Å². The van der Waals surface area contributed by atoms with Gasteiger partial charge in [0, 0.05) is 30.2 Å². The average molecular weight is 830 g/mol. The number of hydrogen-bond acceptors (Lipinski definition) is 13. The molecule has 3 aliphatic carbocycles. The number of aliphatic hydroxyl groups excluding tert-OH is 1. The molecule has 0 spiro atoms. The zero-order valence-corrected chi connectivity index (χ0v) is 37.6. The Morgan fingerprint density at radius 1 is 1.02 bits per heavy atom. The highest BCUT2D eigenvalue weighted by molar-refractivity contribution is 6.74. The summed E-state index contributed by atoms with van der Waals surface area (Å²) in [6.07, 6.45) is -0.689. The number of ether oxygens (including phenoxy) is 4. The van der Waals surface area contributed by atoms with E-state index in [2.05, 4.69) is 5.16 Å². The number of Topliss-reactive ketones (excluding diaryl/α,β-unsaturated/α-hetero) is 2. The highest BCUT2D eigenvalue weighted by atomic mass is 28.4. The Kier molecular flexibility index (Phi) is 11.9. The number of rotatable bonds is 9. The lowest BCUT2D eigenvalue weighted by molar-refractivity contribution is -0.0481. The van der Waals surface area contributed by atoms with Crippen LogP contribution < -0.4 is 14.4 Å². The highest BCUT2D eigenvalue weighted by Gasteiger charge is 2.67. The third kappa shape index (κ3) is 8.03. The van der Waals surface area contributed by atoms with Gasteiger partial charge in [-0.3, -0.25) is 19.4 Å². The fraction of sp³-hybridized carbons (Fsp3) is 0.643. The van der Waals surface area contributed by atoms with E-state index in [1.807, 2.05) is 59.8 Å². The summed E-state index contributed by atoms with van der Waals surface area (Å²) in [7, 11) is 1.88. The Labute approximate surface area is 341 Å². The molecule has 1 aromatic heterocycles. The molecule has 14 nitrogen and oxygen atoms in total. The summed E-state index contributed by atoms with van der Waals surface area (Å²) >= 11 is 0. The molecule has 1 N–H and O–H groups in total. The summed E-state index contributed by atoms with van der Waals surface area (Å²) in [6.45, 7) is 21.9. The van der Waals surface area contributed by atoms with Crippen LogP contribution in [0.25, 0.3) is 0 Å². The van der Waals surface area contributed by atoms with Crippen molar-refractivity contribution in [2.75, 3.05) is 32.6 Å². The van der Waals surface area contributed by atoms with Gasteiger partial charge in [-0.05, 0) is 104 Å². The van der Waals surface area contributed by atoms with Crippen molar-refractivity contribution in [2.24, 2.45) is 11.8 Å². The van der Waals surface area contributed by atoms with Crippen LogP contribution in [-0.4, -0.2) is 91.8 Å². The van der Waals surface area contributed by atoms with Crippen LogP contribution in [0.5, 0.6) is 11.6 Å². The number of nitrogens with zero attached hydrogens (tertiary/aromatic N) is 3. The molecule has 1 heterocycles. The van der Waals surface area contributed by atoms with E-state index in [0.717, 1.165) is 17.4 Å². The first-order valence-corrected chi connectivity index (χ1v) is 22.7. The quantitative estimate of drug-likeness (QED) is 0.110. The summed E-state index contributed by atoms with van der Waals surface area (Å²) in [5.74, 6) is -4.97. The largest absolute Gasteiger partial charge is 0.514 e. The van der Waals surface area contributed by atoms with Gasteiger partial charge in [-0.25, -0.2) is 14.0 Å². The monoisotopic (exact) mass is 829 g/mol. The number of anilines is 1. The van der Waals surface area contributed by atoms with Gasteiger partial charge in [0.2, 0.25) is 5.78 Å². The smallest absolute Gasteiger partial charge is 0.508 e. The van der Waals surface area contributed by atoms with Gasteiger partial charge < -0.3 is 33.0 Å². The third-order valence-electron chi connectivity index (χ3n) is 11.3. The summed E-state index contributed by atoms with van der Waals surface area (Å²) in [4.78, 5) is 60.2. The number of carbonyl (C=O) groups excluding carboxylic acids is 4. The molecule has 4 atom stereocenters. The van der Waals surface area contributed by atoms with Gasteiger partial charge in [-0.15, -0.1) is 0 Å². The number of aliphatic hydroxyl groups is 1. The lowest BCUT2D eigenvalue weighted by Gasteiger charge is -2.55. The summed E-state index contributed by atoms with van der Waals surface area (Å²) < 4.78 is 52.4. The van der Waals surface area contributed by atoms with Crippen molar-refractivity contribution in [2.45, 2.75) is 136 Å². The molecular formula is C42H60FN3O11Si. The first-order chi connectivity index (χ1) is 26.6. The van der Waals surface area contributed by atoms with Crippen molar-refractivity contribution in [3.05, 3.63) is 45.7 Å². The van der Waals surface area contributed by atoms with E-state index in [0.29, 0.717) is 6.42 Å². The topological polar surface area (TPSA) is 167 Å². The maximum Gasteiger partial charge on any atom is 0.514 e. The number of halogens is 1. The number of ketones is 2. The van der Waals surface area contributed by atoms with Gasteiger partial charge in [0.1, 0.15) is 28.3 Å². The van der Waals surface area contributed by atoms with Crippen molar-refractivity contribution in [3.63, 3.8) is 0 Å². The number of hydrogen-bond donors (Lipinski definition) is 1. The average Bonchev–Trinajstić information content (AvgIpc) is 3.48. The molecule has 1 amide bonds. The summed E-state index contributed by atoms with van der Waals surface area (Å²) in [5, 5.41) is 16.6. The Balaban J connectivity index is 1.82. The summed E-state index contributed by atoms with van der Waals surface area (Å²) in [5.41, 5.74) is -5.09. The Morgan fingerprint density at radius 2 is 1.64 bits per heavy atom. The van der Waals surface area contributed by atoms with E-state index in [1.54, 1.807) is 41.5 Å². The van der Waals surface area contributed by atoms with Crippen LogP contribution in [0.3, 0.4) is 0 Å². The normalized spacial score (nSPS) is 22.2. The van der Waals surface area contributed by atoms with Crippen molar-refractivity contribution in [1.29, 1.82) is 0 Å². The zero-order chi connectivity index (χ0) is 43.7. The molecule has 0 saturated heterocycles. The minimum atomic E-state index is -3.02. The molecule has 16 heteroatoms. The molecule has 320 valence electrons. The maximum absolute atomic E-state index is 16.6. The number of benzene rings is 1. The van der Waals surface area contributed by atoms with Crippen LogP contribution >= 0.6 is 0 Å². The number of aromatic nitrogens is 1. The SMILES string of the molecule is CCCCOc1noc2c1C(=O)[C@@]1(O[Si](C)(C)C(C)(C)C)C(O)=C3C(=O)c4c(c(F)cc(N(C)C(=O)OC(C)(C)C)c4OC(=O)OC(C)(C)C)C[C@H]3C[C@H]1[C@@H]2N(C)C. The molecule has 0 saturated carbocycles. The Morgan fingerprint density at radius 3 is 2.19 bits per heavy atom. The predicted molar refractivity (Wildman–Crippen MR) is 216 cm³/mol. The molecule has 0 aliphatic heterocycles. The van der Waals surface area contributed by atoms with Crippen molar-refractivity contribution in [3.8, 4) is 11.6 Å². The second kappa shape index (κ2) is 15.4. The van der Waals surface area contributed by atoms with E-state index in [4.69, 9.17) is 27.9 Å². The first kappa shape index (κ1) is 44.8. The molecule has 0 radical (unpaired) electrons. The van der Waals surface area contributed by atoms with Crippen LogP contribution in [0, 0.1) is 17.7 Å². The fourth-order valence-corrected chi connectivity index (χ4v) is 9.13. The van der Waals surface area contributed by atoms with Crippen LogP contribution in [0.15, 0.2) is 21.9 Å². The number of unbranched alkanes of at least 4 members (excludes halogenated alkanes) is 1. The molecule has 5 rings (SSSR count). The van der Waals surface area contributed by atoms with Crippen molar-refractivity contribution >= 4 is 37.8 Å². The van der Waals surface area contributed by atoms with E-state index in [9.17, 15) is 14.7 Å². The lowest BCUT2D eigenvalue weighted by Crippen LogP contribution is -2.65. The van der Waals surface area contributed by atoms with Crippen LogP contribution in [-0.2, 0) is 20.3 Å². The molecular weight excluding hydrogens is 770 g/mol. The fourth-order valence-electron chi connectivity index (χ4n) is 7.68. The van der Waals surface area contributed by atoms with Crippen molar-refractivity contribution in [1.82, 2.24) is 10.1 Å². The third-order valence-corrected chi connectivity index (χ3v) is 15.8. The molecule has 0 fully saturated rings. The van der Waals surface area contributed by atoms with E-state index in [-0.39, 0.29) is 53.5 Å². The van der Waals surface area contributed by atoms with Gasteiger partial charge in [0.15, 0.2) is 31.2 Å². The predicted octanol–water partition coefficient (Wildman–Crippen LogP) is 9.12. The van der Waals surface area contributed by atoms with Crippen LogP contribution in [0.2, 0.25) is 18.1 Å². The van der Waals surface area contributed by atoms with Crippen LogP contribution in [0.1, 0.15) is 127 Å². The Bertz CT molecular complexity index is 2020. The molecule has 0 unspecified atom stereocenters. The van der Waals surface area contributed by atoms with Gasteiger partial charge in [-0.1, -0.05) is 34.1 Å². The minimum Gasteiger partial charge on any atom is -0.508 e. The zero-order valence-electron chi connectivity index (χ0n) is 36.6. The second-order valence-electron chi connectivity index (χ2n) is 19.3. The van der Waals surface area contributed by atoms with Gasteiger partial charge in [0.25, 0.3) is 5.88 Å². The lowest BCUT2D eigenvalue weighted by atomic mass is 9.58. The number of allylic oxidation sites excluding steroid dienone is 1. The van der Waals surface area contributed by atoms with Crippen molar-refractivity contribution < 1.29 is 56.6 Å². The van der Waals surface area contributed by atoms with E-state index < -0.39 is 94.7 Å². The van der Waals surface area contributed by atoms with Gasteiger partial charge in [-0.2, -0.15) is 0 Å². The van der Waals surface area contributed by atoms with E-state index >= 15 is 14.0 Å². The second-order valence-corrected chi connectivity index (χ2v) is 24.0. The minimum absolute atomic E-state index is 0.0142. The molecule has 2 aromatic rings. The molecule has 3 aliphatic rings. The van der Waals surface area contributed by atoms with Gasteiger partial charge >= 0.3 is 12.2 Å². The number of fused-ring (bicyclic) bond motifs is 4. The molecule has 0 bridgehead atoms. The number of carbonyl (C=O) groups is 4. The number of amides is 1. The maximum atomic E-state index is 16.6. The highest BCUT2D eigenvalue weighted by Crippen LogP contribution is 2.60. The Hall–Kier alpha value is -4.28. The van der Waals surface area contributed by atoms with Gasteiger partial charge in [0.05, 0.1) is 23.9 Å². The van der Waals surface area contributed by atoms with Crippen LogP contribution in [0.4, 0.5) is 19.7 Å². The summed E-state index contributed by atoms with van der Waals surface area (Å²) in [6, 6.07) is 0.306. The first-order valence-electron chi connectivity index (χ1n) is 19.8.